The molecule has 0 atom stereocenters. The predicted molar refractivity (Wildman–Crippen MR) is 82.1 cm³/mol. The van der Waals surface area contributed by atoms with Gasteiger partial charge in [-0.1, -0.05) is 0 Å². The molecule has 0 aliphatic carbocycles. The van der Waals surface area contributed by atoms with E-state index < -0.39 is 25.3 Å². The van der Waals surface area contributed by atoms with E-state index in [-0.39, 0.29) is 18.2 Å². The minimum atomic E-state index is -4.44. The normalized spacial score (nSPS) is 15.0. The van der Waals surface area contributed by atoms with E-state index in [4.69, 9.17) is 0 Å². The van der Waals surface area contributed by atoms with Gasteiger partial charge in [-0.15, -0.1) is 12.4 Å². The molecule has 2 heterocycles. The summed E-state index contributed by atoms with van der Waals surface area (Å²) >= 11 is 0. The summed E-state index contributed by atoms with van der Waals surface area (Å²) in [6, 6.07) is 3.42. The number of pyridine rings is 1. The van der Waals surface area contributed by atoms with Crippen molar-refractivity contribution in [2.45, 2.75) is 6.18 Å². The van der Waals surface area contributed by atoms with Crippen LogP contribution in [0.15, 0.2) is 18.3 Å². The Labute approximate surface area is 137 Å². The molecule has 1 aromatic rings. The molecule has 10 heteroatoms. The van der Waals surface area contributed by atoms with Gasteiger partial charge in [0.2, 0.25) is 0 Å². The number of aromatic nitrogens is 1. The van der Waals surface area contributed by atoms with Gasteiger partial charge in [-0.25, -0.2) is 4.98 Å². The zero-order valence-corrected chi connectivity index (χ0v) is 13.0. The number of nitrogens with one attached hydrogen (secondary N) is 2. The highest BCUT2D eigenvalue weighted by atomic mass is 35.5. The molecule has 1 aromatic heterocycles. The second-order valence-corrected chi connectivity index (χ2v) is 4.79. The number of nitrogens with zero attached hydrogens (tertiary/aromatic N) is 2. The number of carbonyl (C=O) groups excluding carboxylic acids is 1. The van der Waals surface area contributed by atoms with Gasteiger partial charge in [-0.3, -0.25) is 4.79 Å². The molecule has 23 heavy (non-hydrogen) atoms. The predicted octanol–water partition coefficient (Wildman–Crippen LogP) is 1.43. The van der Waals surface area contributed by atoms with Gasteiger partial charge in [-0.05, 0) is 12.1 Å². The third kappa shape index (κ3) is 7.02. The van der Waals surface area contributed by atoms with Crippen LogP contribution < -0.4 is 15.5 Å². The van der Waals surface area contributed by atoms with E-state index in [0.29, 0.717) is 0 Å². The second-order valence-electron chi connectivity index (χ2n) is 4.79. The fourth-order valence-electron chi connectivity index (χ4n) is 2.01. The van der Waals surface area contributed by atoms with Crippen molar-refractivity contribution in [1.29, 1.82) is 0 Å². The summed E-state index contributed by atoms with van der Waals surface area (Å²) in [4.78, 5) is 17.7. The van der Waals surface area contributed by atoms with E-state index in [2.05, 4.69) is 25.3 Å². The fraction of sp³-hybridized carbons (Fsp3) is 0.538. The Hall–Kier alpha value is -1.58. The first-order chi connectivity index (χ1) is 10.4. The Morgan fingerprint density at radius 2 is 2.04 bits per heavy atom. The second kappa shape index (κ2) is 8.90. The topological polar surface area (TPSA) is 66.5 Å². The Morgan fingerprint density at radius 3 is 2.61 bits per heavy atom. The average molecular weight is 355 g/mol. The third-order valence-electron chi connectivity index (χ3n) is 3.00. The molecule has 0 bridgehead atoms. The zero-order chi connectivity index (χ0) is 16.0. The van der Waals surface area contributed by atoms with Crippen LogP contribution in [0.4, 0.5) is 24.7 Å². The maximum atomic E-state index is 11.9. The van der Waals surface area contributed by atoms with Crippen molar-refractivity contribution >= 4 is 29.8 Å². The van der Waals surface area contributed by atoms with E-state index in [9.17, 15) is 18.0 Å². The van der Waals surface area contributed by atoms with Crippen LogP contribution in [0, 0.1) is 0 Å². The smallest absolute Gasteiger partial charge is 0.368 e. The van der Waals surface area contributed by atoms with Crippen LogP contribution >= 0.6 is 12.4 Å². The van der Waals surface area contributed by atoms with Crippen LogP contribution in [0.25, 0.3) is 0 Å². The molecule has 1 amide bonds. The van der Waals surface area contributed by atoms with Crippen molar-refractivity contribution in [2.24, 2.45) is 0 Å². The lowest BCUT2D eigenvalue weighted by molar-refractivity contribution is -0.174. The molecule has 130 valence electrons. The number of alkyl halides is 3. The highest BCUT2D eigenvalue weighted by molar-refractivity contribution is 5.90. The maximum absolute atomic E-state index is 11.9. The van der Waals surface area contributed by atoms with Crippen molar-refractivity contribution < 1.29 is 22.7 Å². The monoisotopic (exact) mass is 354 g/mol. The van der Waals surface area contributed by atoms with E-state index in [0.717, 1.165) is 31.9 Å². The van der Waals surface area contributed by atoms with E-state index >= 15 is 0 Å². The number of rotatable bonds is 5. The van der Waals surface area contributed by atoms with Crippen molar-refractivity contribution in [3.05, 3.63) is 18.3 Å². The summed E-state index contributed by atoms with van der Waals surface area (Å²) in [6.45, 7) is 1.43. The number of anilines is 2. The molecule has 2 rings (SSSR count). The Balaban J connectivity index is 0.00000264. The summed E-state index contributed by atoms with van der Waals surface area (Å²) in [7, 11) is 0. The van der Waals surface area contributed by atoms with E-state index in [1.807, 2.05) is 6.07 Å². The van der Waals surface area contributed by atoms with Gasteiger partial charge in [0.1, 0.15) is 19.0 Å². The number of carbonyl (C=O) groups is 1. The molecular weight excluding hydrogens is 337 g/mol. The largest absolute Gasteiger partial charge is 0.411 e. The lowest BCUT2D eigenvalue weighted by atomic mass is 10.3. The summed E-state index contributed by atoms with van der Waals surface area (Å²) in [5, 5.41) is 5.62. The molecular formula is C13H18ClF3N4O2. The quantitative estimate of drug-likeness (QED) is 0.837. The van der Waals surface area contributed by atoms with Crippen LogP contribution in [0.5, 0.6) is 0 Å². The van der Waals surface area contributed by atoms with Gasteiger partial charge in [0.05, 0.1) is 11.9 Å². The molecule has 0 saturated carbocycles. The Kier molecular flexibility index (Phi) is 7.53. The SMILES string of the molecule is Cl.O=C(COCC(F)(F)F)Nc1ccc(N2CCNCC2)cn1. The minimum Gasteiger partial charge on any atom is -0.368 e. The van der Waals surface area contributed by atoms with Gasteiger partial charge in [0.25, 0.3) is 5.91 Å². The van der Waals surface area contributed by atoms with Crippen LogP contribution in [0.3, 0.4) is 0 Å². The summed E-state index contributed by atoms with van der Waals surface area (Å²) in [6.07, 6.45) is -2.82. The number of ether oxygens (including phenoxy) is 1. The molecule has 1 aliphatic heterocycles. The fourth-order valence-corrected chi connectivity index (χ4v) is 2.01. The van der Waals surface area contributed by atoms with Gasteiger partial charge < -0.3 is 20.3 Å². The van der Waals surface area contributed by atoms with Crippen LogP contribution in [0.1, 0.15) is 0 Å². The summed E-state index contributed by atoms with van der Waals surface area (Å²) < 4.78 is 39.9. The molecule has 0 spiro atoms. The molecule has 1 saturated heterocycles. The third-order valence-corrected chi connectivity index (χ3v) is 3.00. The molecule has 0 aromatic carbocycles. The summed E-state index contributed by atoms with van der Waals surface area (Å²) in [5.41, 5.74) is 0.938. The van der Waals surface area contributed by atoms with Crippen molar-refractivity contribution in [2.75, 3.05) is 49.6 Å². The molecule has 0 unspecified atom stereocenters. The Bertz CT molecular complexity index is 493. The lowest BCUT2D eigenvalue weighted by Gasteiger charge is -2.29. The minimum absolute atomic E-state index is 0. The lowest BCUT2D eigenvalue weighted by Crippen LogP contribution is -2.43. The molecule has 2 N–H and O–H groups in total. The number of amides is 1. The first-order valence-electron chi connectivity index (χ1n) is 6.80. The Morgan fingerprint density at radius 1 is 1.35 bits per heavy atom. The number of halogens is 4. The van der Waals surface area contributed by atoms with Crippen LogP contribution in [-0.2, 0) is 9.53 Å². The van der Waals surface area contributed by atoms with Crippen molar-refractivity contribution in [3.8, 4) is 0 Å². The first kappa shape index (κ1) is 19.5. The molecule has 6 nitrogen and oxygen atoms in total. The number of hydrogen-bond donors (Lipinski definition) is 2. The van der Waals surface area contributed by atoms with Crippen molar-refractivity contribution in [3.63, 3.8) is 0 Å². The van der Waals surface area contributed by atoms with Gasteiger partial charge in [0, 0.05) is 26.2 Å². The van der Waals surface area contributed by atoms with E-state index in [1.165, 1.54) is 0 Å². The summed E-state index contributed by atoms with van der Waals surface area (Å²) in [5.74, 6) is -0.397. The highest BCUT2D eigenvalue weighted by Crippen LogP contribution is 2.16. The van der Waals surface area contributed by atoms with Gasteiger partial charge in [0.15, 0.2) is 0 Å². The highest BCUT2D eigenvalue weighted by Gasteiger charge is 2.27. The number of hydrogen-bond acceptors (Lipinski definition) is 5. The van der Waals surface area contributed by atoms with Crippen LogP contribution in [0.2, 0.25) is 0 Å². The molecule has 1 aliphatic rings. The molecule has 1 fully saturated rings. The van der Waals surface area contributed by atoms with Gasteiger partial charge in [-0.2, -0.15) is 13.2 Å². The maximum Gasteiger partial charge on any atom is 0.411 e. The van der Waals surface area contributed by atoms with Gasteiger partial charge >= 0.3 is 6.18 Å². The number of piperazine rings is 1. The van der Waals surface area contributed by atoms with Crippen molar-refractivity contribution in [1.82, 2.24) is 10.3 Å². The van der Waals surface area contributed by atoms with E-state index in [1.54, 1.807) is 12.3 Å². The standard InChI is InChI=1S/C13H17F3N4O2.ClH/c14-13(15,16)9-22-8-12(21)19-11-2-1-10(7-18-11)20-5-3-17-4-6-20;/h1-2,7,17H,3-6,8-9H2,(H,18,19,21);1H. The average Bonchev–Trinajstić information content (AvgIpc) is 2.47. The van der Waals surface area contributed by atoms with Crippen LogP contribution in [-0.4, -0.2) is 56.5 Å². The molecule has 0 radical (unpaired) electrons. The zero-order valence-electron chi connectivity index (χ0n) is 12.2. The first-order valence-corrected chi connectivity index (χ1v) is 6.80.